The molecule has 2 N–H and O–H groups in total. The minimum atomic E-state index is 0.644. The molecule has 0 aliphatic heterocycles. The predicted molar refractivity (Wildman–Crippen MR) is 118 cm³/mol. The van der Waals surface area contributed by atoms with Gasteiger partial charge in [-0.25, -0.2) is 15.0 Å². The van der Waals surface area contributed by atoms with E-state index in [9.17, 15) is 0 Å². The highest BCUT2D eigenvalue weighted by Crippen LogP contribution is 2.34. The van der Waals surface area contributed by atoms with Crippen LogP contribution in [0.25, 0.3) is 55.3 Å². The first-order valence-corrected chi connectivity index (χ1v) is 10.2. The molecular formula is C22H15N7S. The highest BCUT2D eigenvalue weighted by atomic mass is 32.1. The molecule has 0 radical (unpaired) electrons. The first-order chi connectivity index (χ1) is 14.8. The normalized spacial score (nSPS) is 11.5. The van der Waals surface area contributed by atoms with Gasteiger partial charge in [0.05, 0.1) is 10.9 Å². The Balaban J connectivity index is 1.52. The fraction of sp³-hybridized carbons (Fsp3) is 0.0455. The zero-order chi connectivity index (χ0) is 20.1. The molecule has 6 heterocycles. The Hall–Kier alpha value is -3.91. The average molecular weight is 409 g/mol. The maximum atomic E-state index is 4.73. The van der Waals surface area contributed by atoms with E-state index in [4.69, 9.17) is 4.98 Å². The van der Waals surface area contributed by atoms with Crippen molar-refractivity contribution in [3.8, 4) is 33.1 Å². The van der Waals surface area contributed by atoms with E-state index in [0.717, 1.165) is 33.3 Å². The maximum absolute atomic E-state index is 4.73. The van der Waals surface area contributed by atoms with Crippen LogP contribution in [0.15, 0.2) is 61.2 Å². The van der Waals surface area contributed by atoms with Crippen molar-refractivity contribution in [3.63, 3.8) is 0 Å². The first kappa shape index (κ1) is 17.0. The van der Waals surface area contributed by atoms with E-state index in [0.29, 0.717) is 17.1 Å². The molecule has 6 aromatic rings. The second-order valence-corrected chi connectivity index (χ2v) is 8.27. The van der Waals surface area contributed by atoms with Gasteiger partial charge >= 0.3 is 0 Å². The van der Waals surface area contributed by atoms with E-state index >= 15 is 0 Å². The molecule has 30 heavy (non-hydrogen) atoms. The number of rotatable bonds is 3. The van der Waals surface area contributed by atoms with E-state index in [1.807, 2.05) is 24.4 Å². The molecule has 0 saturated heterocycles. The maximum Gasteiger partial charge on any atom is 0.181 e. The number of nitrogens with one attached hydrogen (secondary N) is 2. The van der Waals surface area contributed by atoms with Gasteiger partial charge in [-0.2, -0.15) is 5.10 Å². The third-order valence-corrected chi connectivity index (χ3v) is 6.09. The second kappa shape index (κ2) is 6.57. The Kier molecular flexibility index (Phi) is 3.72. The molecule has 0 bridgehead atoms. The van der Waals surface area contributed by atoms with Crippen molar-refractivity contribution in [2.24, 2.45) is 0 Å². The van der Waals surface area contributed by atoms with Gasteiger partial charge in [0.1, 0.15) is 5.69 Å². The quantitative estimate of drug-likeness (QED) is 0.429. The molecule has 144 valence electrons. The van der Waals surface area contributed by atoms with Gasteiger partial charge in [0.15, 0.2) is 17.1 Å². The number of aromatic nitrogens is 7. The van der Waals surface area contributed by atoms with Crippen LogP contribution in [0.5, 0.6) is 0 Å². The number of H-pyrrole nitrogens is 2. The van der Waals surface area contributed by atoms with Gasteiger partial charge in [0.25, 0.3) is 0 Å². The van der Waals surface area contributed by atoms with Crippen molar-refractivity contribution in [3.05, 3.63) is 66.1 Å². The Bertz CT molecular complexity index is 1510. The fourth-order valence-electron chi connectivity index (χ4n) is 3.60. The van der Waals surface area contributed by atoms with Crippen molar-refractivity contribution < 1.29 is 0 Å². The lowest BCUT2D eigenvalue weighted by Crippen LogP contribution is -1.84. The molecule has 0 aliphatic carbocycles. The van der Waals surface area contributed by atoms with E-state index in [2.05, 4.69) is 55.3 Å². The van der Waals surface area contributed by atoms with Crippen LogP contribution in [0.2, 0.25) is 0 Å². The Morgan fingerprint density at radius 1 is 0.900 bits per heavy atom. The minimum Gasteiger partial charge on any atom is -0.335 e. The number of hydrogen-bond donors (Lipinski definition) is 2. The van der Waals surface area contributed by atoms with E-state index in [1.165, 1.54) is 9.75 Å². The summed E-state index contributed by atoms with van der Waals surface area (Å²) >= 11 is 1.75. The highest BCUT2D eigenvalue weighted by molar-refractivity contribution is 7.15. The molecular weight excluding hydrogens is 394 g/mol. The number of pyridine rings is 3. The van der Waals surface area contributed by atoms with E-state index in [1.54, 1.807) is 29.9 Å². The molecule has 0 fully saturated rings. The molecule has 7 nitrogen and oxygen atoms in total. The van der Waals surface area contributed by atoms with Gasteiger partial charge in [0.2, 0.25) is 0 Å². The van der Waals surface area contributed by atoms with Crippen LogP contribution in [0.1, 0.15) is 4.88 Å². The average Bonchev–Trinajstić information content (AvgIpc) is 3.51. The molecule has 0 amide bonds. The third-order valence-electron chi connectivity index (χ3n) is 5.06. The van der Waals surface area contributed by atoms with Gasteiger partial charge in [-0.1, -0.05) is 0 Å². The third kappa shape index (κ3) is 2.69. The summed E-state index contributed by atoms with van der Waals surface area (Å²) in [5, 5.41) is 8.35. The molecule has 0 aliphatic rings. The summed E-state index contributed by atoms with van der Waals surface area (Å²) < 4.78 is 0. The van der Waals surface area contributed by atoms with Crippen LogP contribution in [-0.2, 0) is 0 Å². The van der Waals surface area contributed by atoms with Crippen molar-refractivity contribution >= 4 is 33.5 Å². The Morgan fingerprint density at radius 3 is 2.63 bits per heavy atom. The number of fused-ring (bicyclic) bond motifs is 2. The number of nitrogens with zero attached hydrogens (tertiary/aromatic N) is 5. The smallest absolute Gasteiger partial charge is 0.181 e. The second-order valence-electron chi connectivity index (χ2n) is 6.98. The lowest BCUT2D eigenvalue weighted by atomic mass is 10.1. The van der Waals surface area contributed by atoms with Crippen LogP contribution in [0, 0.1) is 6.92 Å². The largest absolute Gasteiger partial charge is 0.335 e. The number of hydrogen-bond acceptors (Lipinski definition) is 6. The van der Waals surface area contributed by atoms with E-state index < -0.39 is 0 Å². The van der Waals surface area contributed by atoms with Crippen LogP contribution in [-0.4, -0.2) is 35.1 Å². The van der Waals surface area contributed by atoms with Crippen molar-refractivity contribution in [2.75, 3.05) is 0 Å². The first-order valence-electron chi connectivity index (χ1n) is 9.43. The molecule has 0 saturated carbocycles. The zero-order valence-corrected chi connectivity index (χ0v) is 16.7. The number of imidazole rings is 1. The van der Waals surface area contributed by atoms with Gasteiger partial charge in [0, 0.05) is 45.7 Å². The van der Waals surface area contributed by atoms with Gasteiger partial charge in [-0.05, 0) is 48.9 Å². The molecule has 6 aromatic heterocycles. The summed E-state index contributed by atoms with van der Waals surface area (Å²) in [4.78, 5) is 23.7. The van der Waals surface area contributed by atoms with Crippen LogP contribution >= 0.6 is 11.3 Å². The Morgan fingerprint density at radius 2 is 1.80 bits per heavy atom. The molecule has 0 unspecified atom stereocenters. The lowest BCUT2D eigenvalue weighted by Gasteiger charge is -2.01. The Labute approximate surface area is 174 Å². The zero-order valence-electron chi connectivity index (χ0n) is 15.9. The van der Waals surface area contributed by atoms with Crippen LogP contribution in [0.4, 0.5) is 0 Å². The molecule has 0 aromatic carbocycles. The highest BCUT2D eigenvalue weighted by Gasteiger charge is 2.17. The van der Waals surface area contributed by atoms with Crippen molar-refractivity contribution in [1.29, 1.82) is 0 Å². The monoisotopic (exact) mass is 409 g/mol. The van der Waals surface area contributed by atoms with Crippen LogP contribution in [0.3, 0.4) is 0 Å². The summed E-state index contributed by atoms with van der Waals surface area (Å²) in [6, 6.07) is 12.3. The van der Waals surface area contributed by atoms with E-state index in [-0.39, 0.29) is 0 Å². The number of aryl methyl sites for hydroxylation is 1. The number of aromatic amines is 2. The van der Waals surface area contributed by atoms with Crippen molar-refractivity contribution in [1.82, 2.24) is 35.1 Å². The summed E-state index contributed by atoms with van der Waals surface area (Å²) in [6.07, 6.45) is 7.16. The summed E-state index contributed by atoms with van der Waals surface area (Å²) in [7, 11) is 0. The van der Waals surface area contributed by atoms with Gasteiger partial charge < -0.3 is 4.98 Å². The molecule has 8 heteroatoms. The molecule has 0 spiro atoms. The fourth-order valence-corrected chi connectivity index (χ4v) is 4.50. The summed E-state index contributed by atoms with van der Waals surface area (Å²) in [5.74, 6) is 0.689. The summed E-state index contributed by atoms with van der Waals surface area (Å²) in [5.41, 5.74) is 6.16. The number of thiophene rings is 1. The minimum absolute atomic E-state index is 0.644. The SMILES string of the molecule is Cc1ccc(-c2ccnc3nc(-c4[nH]nc5ncc(-c6ccncc6)cc45)[nH]c23)s1. The predicted octanol–water partition coefficient (Wildman–Crippen LogP) is 5.00. The molecule has 0 atom stereocenters. The van der Waals surface area contributed by atoms with Gasteiger partial charge in [-0.15, -0.1) is 11.3 Å². The van der Waals surface area contributed by atoms with Crippen molar-refractivity contribution in [2.45, 2.75) is 6.92 Å². The van der Waals surface area contributed by atoms with Crippen LogP contribution < -0.4 is 0 Å². The standard InChI is InChI=1S/C22H15N7S/c1-12-2-3-17(30-12)15-6-9-24-21-18(15)26-22(27-21)19-16-10-14(11-25-20(16)29-28-19)13-4-7-23-8-5-13/h2-11H,1H3,(H,24,26,27)(H,25,28,29). The van der Waals surface area contributed by atoms with Gasteiger partial charge in [-0.3, -0.25) is 10.1 Å². The lowest BCUT2D eigenvalue weighted by molar-refractivity contribution is 1.09. The summed E-state index contributed by atoms with van der Waals surface area (Å²) in [6.45, 7) is 2.11. The molecule has 6 rings (SSSR count). The topological polar surface area (TPSA) is 96.0 Å².